The van der Waals surface area contributed by atoms with Gasteiger partial charge >= 0.3 is 5.97 Å². The Morgan fingerprint density at radius 1 is 0.857 bits per heavy atom. The zero-order valence-electron chi connectivity index (χ0n) is 18.8. The van der Waals surface area contributed by atoms with Gasteiger partial charge in [0.1, 0.15) is 18.0 Å². The van der Waals surface area contributed by atoms with E-state index in [1.165, 1.54) is 37.5 Å². The minimum absolute atomic E-state index is 0.00427. The summed E-state index contributed by atoms with van der Waals surface area (Å²) in [5, 5.41) is 16.3. The van der Waals surface area contributed by atoms with Gasteiger partial charge in [0.2, 0.25) is 0 Å². The molecule has 0 unspecified atom stereocenters. The topological polar surface area (TPSA) is 134 Å². The first-order valence-corrected chi connectivity index (χ1v) is 10.5. The van der Waals surface area contributed by atoms with E-state index in [9.17, 15) is 19.2 Å². The fourth-order valence-corrected chi connectivity index (χ4v) is 3.06. The highest BCUT2D eigenvalue weighted by Crippen LogP contribution is 2.18. The van der Waals surface area contributed by atoms with Crippen molar-refractivity contribution < 1.29 is 29.0 Å². The summed E-state index contributed by atoms with van der Waals surface area (Å²) in [5.74, 6) is -2.46. The first-order valence-electron chi connectivity index (χ1n) is 10.5. The fraction of sp³-hybridized carbons (Fsp3) is 0.0769. The fourth-order valence-electron chi connectivity index (χ4n) is 3.06. The van der Waals surface area contributed by atoms with Crippen molar-refractivity contribution in [2.24, 2.45) is 0 Å². The van der Waals surface area contributed by atoms with Gasteiger partial charge in [0, 0.05) is 11.3 Å². The van der Waals surface area contributed by atoms with Crippen molar-refractivity contribution >= 4 is 35.5 Å². The molecule has 0 radical (unpaired) electrons. The molecule has 4 N–H and O–H groups in total. The average Bonchev–Trinajstić information content (AvgIpc) is 2.87. The molecule has 3 amide bonds. The lowest BCUT2D eigenvalue weighted by Crippen LogP contribution is -2.31. The Bertz CT molecular complexity index is 1250. The molecule has 0 aliphatic heterocycles. The Kier molecular flexibility index (Phi) is 8.33. The van der Waals surface area contributed by atoms with Crippen LogP contribution in [-0.4, -0.2) is 42.5 Å². The van der Waals surface area contributed by atoms with Crippen LogP contribution in [0.15, 0.2) is 84.6 Å². The molecule has 0 aliphatic carbocycles. The molecular formula is C26H23N3O6. The Balaban J connectivity index is 1.80. The number of amides is 3. The van der Waals surface area contributed by atoms with E-state index in [0.717, 1.165) is 0 Å². The number of hydrogen-bond acceptors (Lipinski definition) is 5. The van der Waals surface area contributed by atoms with Gasteiger partial charge in [0.05, 0.1) is 12.7 Å². The summed E-state index contributed by atoms with van der Waals surface area (Å²) >= 11 is 0. The van der Waals surface area contributed by atoms with Crippen LogP contribution in [0.4, 0.5) is 5.69 Å². The lowest BCUT2D eigenvalue weighted by Gasteiger charge is -2.13. The number of methoxy groups -OCH3 is 1. The molecule has 35 heavy (non-hydrogen) atoms. The Morgan fingerprint density at radius 2 is 1.51 bits per heavy atom. The molecular weight excluding hydrogens is 450 g/mol. The largest absolute Gasteiger partial charge is 0.496 e. The van der Waals surface area contributed by atoms with Crippen LogP contribution >= 0.6 is 0 Å². The molecule has 0 spiro atoms. The summed E-state index contributed by atoms with van der Waals surface area (Å²) in [6.45, 7) is -0.503. The monoisotopic (exact) mass is 473 g/mol. The molecule has 0 bridgehead atoms. The second-order valence-electron chi connectivity index (χ2n) is 7.23. The van der Waals surface area contributed by atoms with Crippen LogP contribution in [0.2, 0.25) is 0 Å². The van der Waals surface area contributed by atoms with E-state index in [1.54, 1.807) is 48.5 Å². The molecule has 178 valence electrons. The number of ether oxygens (including phenoxy) is 1. The number of rotatable bonds is 9. The first-order chi connectivity index (χ1) is 16.9. The molecule has 0 aromatic heterocycles. The van der Waals surface area contributed by atoms with Crippen molar-refractivity contribution in [1.29, 1.82) is 0 Å². The van der Waals surface area contributed by atoms with Crippen LogP contribution < -0.4 is 20.7 Å². The van der Waals surface area contributed by atoms with Crippen LogP contribution in [0.5, 0.6) is 5.75 Å². The number of nitrogens with one attached hydrogen (secondary N) is 3. The third kappa shape index (κ3) is 7.03. The van der Waals surface area contributed by atoms with Crippen molar-refractivity contribution in [3.8, 4) is 5.75 Å². The maximum atomic E-state index is 13.1. The SMILES string of the molecule is COc1ccccc1C(=O)N/C(=C/c1ccccc1)C(=O)Nc1ccc(C(=O)NCC(=O)O)cc1. The quantitative estimate of drug-likeness (QED) is 0.353. The molecule has 0 aliphatic rings. The van der Waals surface area contributed by atoms with Gasteiger partial charge in [-0.1, -0.05) is 42.5 Å². The molecule has 3 rings (SSSR count). The highest BCUT2D eigenvalue weighted by Gasteiger charge is 2.18. The second kappa shape index (κ2) is 11.8. The zero-order chi connectivity index (χ0) is 25.2. The van der Waals surface area contributed by atoms with Crippen molar-refractivity contribution in [2.45, 2.75) is 0 Å². The molecule has 0 fully saturated rings. The number of carbonyl (C=O) groups excluding carboxylic acids is 3. The summed E-state index contributed by atoms with van der Waals surface area (Å²) in [4.78, 5) is 48.6. The molecule has 3 aromatic rings. The van der Waals surface area contributed by atoms with E-state index in [0.29, 0.717) is 17.0 Å². The summed E-state index contributed by atoms with van der Waals surface area (Å²) in [6.07, 6.45) is 1.54. The number of carboxylic acid groups (broad SMARTS) is 1. The highest BCUT2D eigenvalue weighted by molar-refractivity contribution is 6.11. The number of carbonyl (C=O) groups is 4. The van der Waals surface area contributed by atoms with Gasteiger partial charge in [-0.2, -0.15) is 0 Å². The molecule has 0 saturated carbocycles. The minimum atomic E-state index is -1.16. The van der Waals surface area contributed by atoms with Gasteiger partial charge in [-0.05, 0) is 48.0 Å². The van der Waals surface area contributed by atoms with E-state index < -0.39 is 30.2 Å². The summed E-state index contributed by atoms with van der Waals surface area (Å²) < 4.78 is 5.24. The summed E-state index contributed by atoms with van der Waals surface area (Å²) in [7, 11) is 1.45. The standard InChI is InChI=1S/C26H23N3O6/c1-35-22-10-6-5-9-20(22)25(33)29-21(15-17-7-3-2-4-8-17)26(34)28-19-13-11-18(12-14-19)24(32)27-16-23(30)31/h2-15H,16H2,1H3,(H,27,32)(H,28,34)(H,29,33)(H,30,31)/b21-15+. The van der Waals surface area contributed by atoms with E-state index in [-0.39, 0.29) is 16.8 Å². The van der Waals surface area contributed by atoms with E-state index in [4.69, 9.17) is 9.84 Å². The van der Waals surface area contributed by atoms with Crippen molar-refractivity contribution in [3.63, 3.8) is 0 Å². The average molecular weight is 473 g/mol. The predicted octanol–water partition coefficient (Wildman–Crippen LogP) is 2.92. The second-order valence-corrected chi connectivity index (χ2v) is 7.23. The molecule has 0 atom stereocenters. The van der Waals surface area contributed by atoms with Crippen LogP contribution in [0.3, 0.4) is 0 Å². The third-order valence-corrected chi connectivity index (χ3v) is 4.76. The maximum absolute atomic E-state index is 13.1. The third-order valence-electron chi connectivity index (χ3n) is 4.76. The summed E-state index contributed by atoms with van der Waals surface area (Å²) in [5.41, 5.74) is 1.56. The lowest BCUT2D eigenvalue weighted by molar-refractivity contribution is -0.135. The van der Waals surface area contributed by atoms with E-state index in [1.807, 2.05) is 6.07 Å². The number of aliphatic carboxylic acids is 1. The van der Waals surface area contributed by atoms with Crippen LogP contribution in [0, 0.1) is 0 Å². The van der Waals surface area contributed by atoms with Gasteiger partial charge < -0.3 is 25.8 Å². The van der Waals surface area contributed by atoms with Gasteiger partial charge in [-0.25, -0.2) is 0 Å². The minimum Gasteiger partial charge on any atom is -0.496 e. The first kappa shape index (κ1) is 24.7. The zero-order valence-corrected chi connectivity index (χ0v) is 18.8. The van der Waals surface area contributed by atoms with Crippen LogP contribution in [0.1, 0.15) is 26.3 Å². The molecule has 9 heteroatoms. The van der Waals surface area contributed by atoms with Crippen LogP contribution in [-0.2, 0) is 9.59 Å². The van der Waals surface area contributed by atoms with Gasteiger partial charge in [0.25, 0.3) is 17.7 Å². The summed E-state index contributed by atoms with van der Waals surface area (Å²) in [6, 6.07) is 21.5. The van der Waals surface area contributed by atoms with Crippen LogP contribution in [0.25, 0.3) is 6.08 Å². The smallest absolute Gasteiger partial charge is 0.322 e. The molecule has 9 nitrogen and oxygen atoms in total. The number of carboxylic acids is 1. The van der Waals surface area contributed by atoms with Gasteiger partial charge in [0.15, 0.2) is 0 Å². The van der Waals surface area contributed by atoms with E-state index >= 15 is 0 Å². The predicted molar refractivity (Wildman–Crippen MR) is 130 cm³/mol. The van der Waals surface area contributed by atoms with Crippen molar-refractivity contribution in [2.75, 3.05) is 19.0 Å². The Morgan fingerprint density at radius 3 is 2.17 bits per heavy atom. The normalized spacial score (nSPS) is 10.7. The number of anilines is 1. The highest BCUT2D eigenvalue weighted by atomic mass is 16.5. The number of hydrogen-bond donors (Lipinski definition) is 4. The number of para-hydroxylation sites is 1. The maximum Gasteiger partial charge on any atom is 0.322 e. The molecule has 0 saturated heterocycles. The molecule has 3 aromatic carbocycles. The van der Waals surface area contributed by atoms with Gasteiger partial charge in [-0.15, -0.1) is 0 Å². The lowest BCUT2D eigenvalue weighted by atomic mass is 10.1. The van der Waals surface area contributed by atoms with E-state index in [2.05, 4.69) is 16.0 Å². The Labute approximate surface area is 201 Å². The molecule has 0 heterocycles. The number of benzene rings is 3. The van der Waals surface area contributed by atoms with Crippen molar-refractivity contribution in [3.05, 3.63) is 101 Å². The van der Waals surface area contributed by atoms with Gasteiger partial charge in [-0.3, -0.25) is 19.2 Å². The van der Waals surface area contributed by atoms with Crippen molar-refractivity contribution in [1.82, 2.24) is 10.6 Å². The Hall–Kier alpha value is -4.92.